The van der Waals surface area contributed by atoms with Gasteiger partial charge in [-0.05, 0) is 41.5 Å². The van der Waals surface area contributed by atoms with Crippen molar-refractivity contribution in [1.29, 1.82) is 0 Å². The van der Waals surface area contributed by atoms with Gasteiger partial charge in [0, 0.05) is 0 Å². The molecule has 0 aliphatic rings. The molecular weight excluding hydrogens is 398 g/mol. The summed E-state index contributed by atoms with van der Waals surface area (Å²) >= 11 is 7.61. The molecule has 0 radical (unpaired) electrons. The zero-order chi connectivity index (χ0) is 16.6. The lowest BCUT2D eigenvalue weighted by molar-refractivity contribution is 1.34. The lowest BCUT2D eigenvalue weighted by Crippen LogP contribution is -2.54. The first-order valence-electron chi connectivity index (χ1n) is 7.66. The molecule has 0 fully saturated rings. The third kappa shape index (κ3) is 3.54. The first-order valence-corrected chi connectivity index (χ1v) is 9.49. The summed E-state index contributed by atoms with van der Waals surface area (Å²) in [4.78, 5) is 0. The molecule has 4 heteroatoms. The largest absolute Gasteiger partial charge is 0.277 e. The predicted octanol–water partition coefficient (Wildman–Crippen LogP) is 4.50. The van der Waals surface area contributed by atoms with Gasteiger partial charge >= 0.3 is 0 Å². The summed E-state index contributed by atoms with van der Waals surface area (Å²) in [5.74, 6) is 0. The summed E-state index contributed by atoms with van der Waals surface area (Å²) in [6.07, 6.45) is 0. The van der Waals surface area contributed by atoms with Crippen LogP contribution < -0.4 is 10.9 Å². The highest BCUT2D eigenvalue weighted by molar-refractivity contribution is 9.51. The molecule has 0 bridgehead atoms. The fraction of sp³-hybridized carbons (Fsp3) is 0.333. The van der Waals surface area contributed by atoms with Crippen molar-refractivity contribution in [2.75, 3.05) is 0 Å². The van der Waals surface area contributed by atoms with Gasteiger partial charge in [-0.3, -0.25) is 0 Å². The Morgan fingerprint density at radius 3 is 1.09 bits per heavy atom. The molecule has 0 amide bonds. The maximum absolute atomic E-state index is 3.80. The number of halogens is 2. The van der Waals surface area contributed by atoms with Gasteiger partial charge in [-0.15, -0.1) is 31.5 Å². The Balaban J connectivity index is 2.73. The zero-order valence-electron chi connectivity index (χ0n) is 14.2. The molecule has 0 spiro atoms. The number of hydrogen-bond acceptors (Lipinski definition) is 0. The van der Waals surface area contributed by atoms with Crippen LogP contribution in [0.25, 0.3) is 0 Å². The van der Waals surface area contributed by atoms with Gasteiger partial charge in [-0.2, -0.15) is 0 Å². The van der Waals surface area contributed by atoms with Crippen LogP contribution in [0.2, 0.25) is 0 Å². The molecule has 0 saturated heterocycles. The Kier molecular flexibility index (Phi) is 5.66. The smallest absolute Gasteiger partial charge is 0.149 e. The van der Waals surface area contributed by atoms with Crippen molar-refractivity contribution in [3.05, 3.63) is 57.6 Å². The number of aryl methyl sites for hydroxylation is 6. The van der Waals surface area contributed by atoms with Crippen molar-refractivity contribution < 1.29 is 0 Å². The molecule has 0 unspecified atom stereocenters. The lowest BCUT2D eigenvalue weighted by atomic mass is 9.24. The Labute approximate surface area is 152 Å². The summed E-state index contributed by atoms with van der Waals surface area (Å²) in [6, 6.07) is 9.15. The van der Waals surface area contributed by atoms with Crippen LogP contribution in [-0.4, -0.2) is 10.9 Å². The van der Waals surface area contributed by atoms with Crippen LogP contribution in [0.1, 0.15) is 33.4 Å². The van der Waals surface area contributed by atoms with E-state index in [4.69, 9.17) is 0 Å². The minimum absolute atomic E-state index is 0.209. The van der Waals surface area contributed by atoms with E-state index in [-0.39, 0.29) is 4.25 Å². The van der Waals surface area contributed by atoms with E-state index in [9.17, 15) is 0 Å². The average Bonchev–Trinajstić information content (AvgIpc) is 2.34. The molecular formula is C18H22B2Br2. The second kappa shape index (κ2) is 6.97. The Bertz CT molecular complexity index is 605. The summed E-state index contributed by atoms with van der Waals surface area (Å²) in [6.45, 7) is 13.5. The molecule has 114 valence electrons. The standard InChI is InChI=1S/C18H22B2Br2/c1-11-7-13(3)17(14(4)8-11)19(20(21)22)18-15(5)9-12(2)10-16(18)6/h7-10H,1-6H3. The quantitative estimate of drug-likeness (QED) is 0.642. The highest BCUT2D eigenvalue weighted by atomic mass is 79.9. The van der Waals surface area contributed by atoms with E-state index in [1.165, 1.54) is 44.3 Å². The van der Waals surface area contributed by atoms with Crippen molar-refractivity contribution in [3.8, 4) is 0 Å². The first-order chi connectivity index (χ1) is 10.2. The minimum Gasteiger partial charge on any atom is -0.149 e. The molecule has 2 rings (SSSR count). The molecule has 0 heterocycles. The fourth-order valence-electron chi connectivity index (χ4n) is 3.76. The zero-order valence-corrected chi connectivity index (χ0v) is 17.4. The summed E-state index contributed by atoms with van der Waals surface area (Å²) in [5, 5.41) is 0. The van der Waals surface area contributed by atoms with E-state index in [1.54, 1.807) is 0 Å². The highest BCUT2D eigenvalue weighted by Crippen LogP contribution is 2.17. The van der Waals surface area contributed by atoms with E-state index >= 15 is 0 Å². The predicted molar refractivity (Wildman–Crippen MR) is 110 cm³/mol. The van der Waals surface area contributed by atoms with Crippen molar-refractivity contribution in [2.24, 2.45) is 0 Å². The Morgan fingerprint density at radius 1 is 0.591 bits per heavy atom. The number of rotatable bonds is 3. The molecule has 0 aliphatic carbocycles. The monoisotopic (exact) mass is 418 g/mol. The minimum atomic E-state index is 0.209. The summed E-state index contributed by atoms with van der Waals surface area (Å²) in [5.41, 5.74) is 11.0. The molecule has 2 aromatic carbocycles. The van der Waals surface area contributed by atoms with Gasteiger partial charge in [0.1, 0.15) is 0 Å². The third-order valence-electron chi connectivity index (χ3n) is 4.35. The maximum Gasteiger partial charge on any atom is 0.277 e. The van der Waals surface area contributed by atoms with Crippen LogP contribution in [0.3, 0.4) is 0 Å². The molecule has 0 N–H and O–H groups in total. The molecule has 0 aromatic heterocycles. The Hall–Kier alpha value is -0.470. The molecule has 0 atom stereocenters. The van der Waals surface area contributed by atoms with Crippen LogP contribution in [0.5, 0.6) is 0 Å². The van der Waals surface area contributed by atoms with Gasteiger partial charge in [-0.25, -0.2) is 0 Å². The van der Waals surface area contributed by atoms with Crippen molar-refractivity contribution in [2.45, 2.75) is 41.5 Å². The van der Waals surface area contributed by atoms with Crippen molar-refractivity contribution >= 4 is 53.3 Å². The number of benzene rings is 2. The van der Waals surface area contributed by atoms with Crippen LogP contribution in [-0.2, 0) is 0 Å². The maximum atomic E-state index is 3.80. The van der Waals surface area contributed by atoms with Crippen LogP contribution in [0, 0.1) is 41.5 Å². The van der Waals surface area contributed by atoms with Crippen LogP contribution in [0.4, 0.5) is 0 Å². The number of hydrogen-bond donors (Lipinski definition) is 0. The Morgan fingerprint density at radius 2 is 0.864 bits per heavy atom. The van der Waals surface area contributed by atoms with Crippen molar-refractivity contribution in [3.63, 3.8) is 0 Å². The van der Waals surface area contributed by atoms with Gasteiger partial charge in [0.05, 0.1) is 0 Å². The molecule has 0 aliphatic heterocycles. The molecule has 2 aromatic rings. The van der Waals surface area contributed by atoms with Gasteiger partial charge in [0.15, 0.2) is 0 Å². The van der Waals surface area contributed by atoms with Gasteiger partial charge in [0.25, 0.3) is 4.25 Å². The fourth-order valence-corrected chi connectivity index (χ4v) is 4.82. The molecule has 0 saturated carbocycles. The molecule has 0 nitrogen and oxygen atoms in total. The van der Waals surface area contributed by atoms with Crippen molar-refractivity contribution in [1.82, 2.24) is 0 Å². The topological polar surface area (TPSA) is 0 Å². The summed E-state index contributed by atoms with van der Waals surface area (Å²) < 4.78 is 0.209. The van der Waals surface area contributed by atoms with E-state index in [2.05, 4.69) is 97.3 Å². The van der Waals surface area contributed by atoms with E-state index in [1.807, 2.05) is 0 Å². The van der Waals surface area contributed by atoms with Gasteiger partial charge in [0.2, 0.25) is 6.60 Å². The lowest BCUT2D eigenvalue weighted by Gasteiger charge is -2.24. The second-order valence-corrected chi connectivity index (χ2v) is 9.64. The van der Waals surface area contributed by atoms with Gasteiger partial charge in [-0.1, -0.05) is 68.6 Å². The normalized spacial score (nSPS) is 10.7. The second-order valence-electron chi connectivity index (χ2n) is 6.44. The van der Waals surface area contributed by atoms with E-state index in [0.717, 1.165) is 0 Å². The first kappa shape index (κ1) is 17.9. The van der Waals surface area contributed by atoms with Crippen LogP contribution in [0.15, 0.2) is 24.3 Å². The highest BCUT2D eigenvalue weighted by Gasteiger charge is 2.33. The third-order valence-corrected chi connectivity index (χ3v) is 5.41. The van der Waals surface area contributed by atoms with Crippen LogP contribution >= 0.6 is 31.5 Å². The van der Waals surface area contributed by atoms with E-state index in [0.29, 0.717) is 6.60 Å². The summed E-state index contributed by atoms with van der Waals surface area (Å²) in [7, 11) is 0. The molecule has 22 heavy (non-hydrogen) atoms. The van der Waals surface area contributed by atoms with Gasteiger partial charge < -0.3 is 0 Å². The average molecular weight is 420 g/mol. The SMILES string of the molecule is Cc1cc(C)c(B(B(Br)Br)c2c(C)cc(C)cc2C)c(C)c1. The van der Waals surface area contributed by atoms with E-state index < -0.39 is 0 Å².